The molecule has 58 valence electrons. The molecule has 2 atom stereocenters. The summed E-state index contributed by atoms with van der Waals surface area (Å²) in [5.41, 5.74) is 0. The third-order valence-electron chi connectivity index (χ3n) is 2.60. The summed E-state index contributed by atoms with van der Waals surface area (Å²) >= 11 is 0. The molecule has 2 heteroatoms. The maximum atomic E-state index is 5.60. The highest BCUT2D eigenvalue weighted by Crippen LogP contribution is 2.25. The Kier molecular flexibility index (Phi) is 1.91. The lowest BCUT2D eigenvalue weighted by molar-refractivity contribution is 0.0877. The molecule has 0 bridgehead atoms. The summed E-state index contributed by atoms with van der Waals surface area (Å²) in [6, 6.07) is 0. The minimum absolute atomic E-state index is 0.593. The minimum Gasteiger partial charge on any atom is -0.378 e. The van der Waals surface area contributed by atoms with Crippen molar-refractivity contribution in [3.05, 3.63) is 0 Å². The molecule has 1 N–H and O–H groups in total. The first kappa shape index (κ1) is 6.62. The van der Waals surface area contributed by atoms with Crippen LogP contribution in [0.5, 0.6) is 0 Å². The SMILES string of the molecule is C1CNCC2CCOC2C1. The molecule has 2 heterocycles. The molecule has 0 aliphatic carbocycles. The molecule has 2 rings (SSSR count). The van der Waals surface area contributed by atoms with Crippen molar-refractivity contribution in [2.24, 2.45) is 5.92 Å². The summed E-state index contributed by atoms with van der Waals surface area (Å²) in [5, 5.41) is 3.44. The predicted octanol–water partition coefficient (Wildman–Crippen LogP) is 0.775. The lowest BCUT2D eigenvalue weighted by atomic mass is 10.00. The van der Waals surface area contributed by atoms with Crippen LogP contribution < -0.4 is 5.32 Å². The van der Waals surface area contributed by atoms with Crippen molar-refractivity contribution in [2.75, 3.05) is 19.7 Å². The molecule has 0 aromatic carbocycles. The summed E-state index contributed by atoms with van der Waals surface area (Å²) < 4.78 is 5.60. The first-order valence-corrected chi connectivity index (χ1v) is 4.29. The van der Waals surface area contributed by atoms with E-state index in [1.54, 1.807) is 0 Å². The second-order valence-corrected chi connectivity index (χ2v) is 3.30. The third kappa shape index (κ3) is 1.18. The molecule has 2 unspecified atom stereocenters. The fourth-order valence-electron chi connectivity index (χ4n) is 1.96. The van der Waals surface area contributed by atoms with Gasteiger partial charge in [0.15, 0.2) is 0 Å². The molecule has 0 saturated carbocycles. The van der Waals surface area contributed by atoms with Crippen LogP contribution in [0.4, 0.5) is 0 Å². The number of rotatable bonds is 0. The van der Waals surface area contributed by atoms with Gasteiger partial charge in [0, 0.05) is 13.2 Å². The molecule has 2 aliphatic rings. The van der Waals surface area contributed by atoms with Crippen LogP contribution in [-0.4, -0.2) is 25.8 Å². The number of ether oxygens (including phenoxy) is 1. The first-order chi connectivity index (χ1) is 4.97. The van der Waals surface area contributed by atoms with Gasteiger partial charge in [-0.15, -0.1) is 0 Å². The zero-order valence-electron chi connectivity index (χ0n) is 6.31. The van der Waals surface area contributed by atoms with E-state index in [9.17, 15) is 0 Å². The average molecular weight is 141 g/mol. The number of hydrogen-bond donors (Lipinski definition) is 1. The largest absolute Gasteiger partial charge is 0.378 e. The smallest absolute Gasteiger partial charge is 0.0616 e. The van der Waals surface area contributed by atoms with Crippen LogP contribution in [0.1, 0.15) is 19.3 Å². The van der Waals surface area contributed by atoms with Gasteiger partial charge >= 0.3 is 0 Å². The van der Waals surface area contributed by atoms with Crippen molar-refractivity contribution in [3.63, 3.8) is 0 Å². The van der Waals surface area contributed by atoms with Gasteiger partial charge in [-0.2, -0.15) is 0 Å². The van der Waals surface area contributed by atoms with Crippen molar-refractivity contribution in [3.8, 4) is 0 Å². The van der Waals surface area contributed by atoms with Gasteiger partial charge in [0.1, 0.15) is 0 Å². The van der Waals surface area contributed by atoms with Gasteiger partial charge in [0.25, 0.3) is 0 Å². The lowest BCUT2D eigenvalue weighted by Crippen LogP contribution is -2.24. The van der Waals surface area contributed by atoms with E-state index >= 15 is 0 Å². The fraction of sp³-hybridized carbons (Fsp3) is 1.00. The Morgan fingerprint density at radius 3 is 3.30 bits per heavy atom. The molecule has 2 aliphatic heterocycles. The molecule has 0 aromatic rings. The second kappa shape index (κ2) is 2.89. The first-order valence-electron chi connectivity index (χ1n) is 4.29. The summed E-state index contributed by atoms with van der Waals surface area (Å²) in [4.78, 5) is 0. The third-order valence-corrected chi connectivity index (χ3v) is 2.60. The van der Waals surface area contributed by atoms with E-state index in [1.807, 2.05) is 0 Å². The van der Waals surface area contributed by atoms with Crippen LogP contribution in [0.25, 0.3) is 0 Å². The maximum Gasteiger partial charge on any atom is 0.0616 e. The molecule has 10 heavy (non-hydrogen) atoms. The molecule has 0 spiro atoms. The highest BCUT2D eigenvalue weighted by molar-refractivity contribution is 4.80. The summed E-state index contributed by atoms with van der Waals surface area (Å²) in [7, 11) is 0. The molecule has 0 amide bonds. The van der Waals surface area contributed by atoms with Crippen molar-refractivity contribution in [2.45, 2.75) is 25.4 Å². The van der Waals surface area contributed by atoms with E-state index < -0.39 is 0 Å². The Hall–Kier alpha value is -0.0800. The number of fused-ring (bicyclic) bond motifs is 1. The molecule has 0 radical (unpaired) electrons. The zero-order chi connectivity index (χ0) is 6.81. The Bertz CT molecular complexity index is 104. The van der Waals surface area contributed by atoms with Gasteiger partial charge in [-0.05, 0) is 31.7 Å². The van der Waals surface area contributed by atoms with Gasteiger partial charge in [0.2, 0.25) is 0 Å². The minimum atomic E-state index is 0.593. The van der Waals surface area contributed by atoms with Crippen molar-refractivity contribution < 1.29 is 4.74 Å². The van der Waals surface area contributed by atoms with E-state index in [-0.39, 0.29) is 0 Å². The van der Waals surface area contributed by atoms with Gasteiger partial charge in [-0.3, -0.25) is 0 Å². The molecule has 2 saturated heterocycles. The highest BCUT2D eigenvalue weighted by atomic mass is 16.5. The van der Waals surface area contributed by atoms with E-state index in [0.29, 0.717) is 6.10 Å². The predicted molar refractivity (Wildman–Crippen MR) is 40.0 cm³/mol. The molecule has 2 nitrogen and oxygen atoms in total. The van der Waals surface area contributed by atoms with Gasteiger partial charge in [-0.1, -0.05) is 0 Å². The van der Waals surface area contributed by atoms with Crippen molar-refractivity contribution >= 4 is 0 Å². The Morgan fingerprint density at radius 1 is 1.30 bits per heavy atom. The van der Waals surface area contributed by atoms with Crippen LogP contribution >= 0.6 is 0 Å². The number of nitrogens with one attached hydrogen (secondary N) is 1. The monoisotopic (exact) mass is 141 g/mol. The quantitative estimate of drug-likeness (QED) is 0.538. The van der Waals surface area contributed by atoms with Crippen molar-refractivity contribution in [1.29, 1.82) is 0 Å². The Labute approximate surface area is 61.9 Å². The summed E-state index contributed by atoms with van der Waals surface area (Å²) in [5.74, 6) is 0.822. The Balaban J connectivity index is 1.95. The van der Waals surface area contributed by atoms with Crippen LogP contribution in [-0.2, 0) is 4.74 Å². The normalized spacial score (nSPS) is 40.8. The average Bonchev–Trinajstić information content (AvgIpc) is 2.28. The zero-order valence-corrected chi connectivity index (χ0v) is 6.31. The van der Waals surface area contributed by atoms with Gasteiger partial charge in [-0.25, -0.2) is 0 Å². The van der Waals surface area contributed by atoms with E-state index in [4.69, 9.17) is 4.74 Å². The molecular weight excluding hydrogens is 126 g/mol. The molecule has 0 aromatic heterocycles. The fourth-order valence-corrected chi connectivity index (χ4v) is 1.96. The van der Waals surface area contributed by atoms with E-state index in [1.165, 1.54) is 32.4 Å². The highest BCUT2D eigenvalue weighted by Gasteiger charge is 2.28. The van der Waals surface area contributed by atoms with Crippen LogP contribution in [0.3, 0.4) is 0 Å². The lowest BCUT2D eigenvalue weighted by Gasteiger charge is -2.12. The number of hydrogen-bond acceptors (Lipinski definition) is 2. The Morgan fingerprint density at radius 2 is 2.30 bits per heavy atom. The standard InChI is InChI=1S/C8H15NO/c1-2-8-7(3-5-10-8)6-9-4-1/h7-9H,1-6H2. The topological polar surface area (TPSA) is 21.3 Å². The summed E-state index contributed by atoms with van der Waals surface area (Å²) in [6.07, 6.45) is 4.44. The van der Waals surface area contributed by atoms with Crippen LogP contribution in [0.2, 0.25) is 0 Å². The maximum absolute atomic E-state index is 5.60. The van der Waals surface area contributed by atoms with Crippen LogP contribution in [0, 0.1) is 5.92 Å². The van der Waals surface area contributed by atoms with Gasteiger partial charge in [0.05, 0.1) is 6.10 Å². The van der Waals surface area contributed by atoms with Gasteiger partial charge < -0.3 is 10.1 Å². The molecular formula is C8H15NO. The van der Waals surface area contributed by atoms with E-state index in [0.717, 1.165) is 12.5 Å². The summed E-state index contributed by atoms with van der Waals surface area (Å²) in [6.45, 7) is 3.37. The second-order valence-electron chi connectivity index (χ2n) is 3.30. The van der Waals surface area contributed by atoms with Crippen LogP contribution in [0.15, 0.2) is 0 Å². The van der Waals surface area contributed by atoms with Crippen molar-refractivity contribution in [1.82, 2.24) is 5.32 Å². The molecule has 2 fully saturated rings. The van der Waals surface area contributed by atoms with E-state index in [2.05, 4.69) is 5.32 Å².